The van der Waals surface area contributed by atoms with Gasteiger partial charge in [-0.3, -0.25) is 0 Å². The molecule has 3 N–H and O–H groups in total. The lowest BCUT2D eigenvalue weighted by atomic mass is 10.2. The molecular formula is C12H17ClN2O3. The van der Waals surface area contributed by atoms with Crippen LogP contribution in [0.2, 0.25) is 5.02 Å². The number of carbonyl (C=O) groups excluding carboxylic acids is 1. The molecule has 0 radical (unpaired) electrons. The van der Waals surface area contributed by atoms with E-state index in [9.17, 15) is 9.90 Å². The summed E-state index contributed by atoms with van der Waals surface area (Å²) in [7, 11) is 3.08. The second-order valence-electron chi connectivity index (χ2n) is 3.93. The van der Waals surface area contributed by atoms with E-state index in [4.69, 9.17) is 17.3 Å². The van der Waals surface area contributed by atoms with E-state index in [2.05, 4.69) is 4.74 Å². The molecule has 0 aliphatic carbocycles. The third-order valence-electron chi connectivity index (χ3n) is 2.54. The molecule has 1 aromatic rings. The third-order valence-corrected chi connectivity index (χ3v) is 2.85. The normalized spacial score (nSPS) is 12.1. The fraction of sp³-hybridized carbons (Fsp3) is 0.417. The molecule has 100 valence electrons. The van der Waals surface area contributed by atoms with E-state index in [0.717, 1.165) is 0 Å². The average molecular weight is 273 g/mol. The van der Waals surface area contributed by atoms with Gasteiger partial charge in [-0.25, -0.2) is 4.79 Å². The smallest absolute Gasteiger partial charge is 0.337 e. The van der Waals surface area contributed by atoms with Gasteiger partial charge >= 0.3 is 5.97 Å². The van der Waals surface area contributed by atoms with Crippen molar-refractivity contribution in [2.24, 2.45) is 5.73 Å². The Morgan fingerprint density at radius 2 is 2.28 bits per heavy atom. The largest absolute Gasteiger partial charge is 0.465 e. The molecule has 0 fully saturated rings. The van der Waals surface area contributed by atoms with Crippen LogP contribution in [0.5, 0.6) is 0 Å². The molecule has 0 bridgehead atoms. The quantitative estimate of drug-likeness (QED) is 0.779. The number of rotatable bonds is 5. The number of hydrogen-bond acceptors (Lipinski definition) is 5. The number of anilines is 1. The molecule has 18 heavy (non-hydrogen) atoms. The van der Waals surface area contributed by atoms with Gasteiger partial charge in [-0.1, -0.05) is 11.6 Å². The highest BCUT2D eigenvalue weighted by molar-refractivity contribution is 6.33. The molecule has 0 spiro atoms. The van der Waals surface area contributed by atoms with Crippen molar-refractivity contribution in [3.63, 3.8) is 0 Å². The Morgan fingerprint density at radius 1 is 1.61 bits per heavy atom. The number of methoxy groups -OCH3 is 1. The first kappa shape index (κ1) is 14.8. The summed E-state index contributed by atoms with van der Waals surface area (Å²) in [6.45, 7) is 0.500. The van der Waals surface area contributed by atoms with Crippen LogP contribution in [0.1, 0.15) is 10.4 Å². The van der Waals surface area contributed by atoms with Crippen LogP contribution >= 0.6 is 11.6 Å². The second kappa shape index (κ2) is 6.58. The first-order chi connectivity index (χ1) is 8.49. The van der Waals surface area contributed by atoms with Crippen molar-refractivity contribution >= 4 is 23.3 Å². The maximum atomic E-state index is 11.4. The van der Waals surface area contributed by atoms with E-state index >= 15 is 0 Å². The van der Waals surface area contributed by atoms with Crippen molar-refractivity contribution in [2.45, 2.75) is 6.10 Å². The summed E-state index contributed by atoms with van der Waals surface area (Å²) in [6, 6.07) is 4.83. The number of nitrogens with zero attached hydrogens (tertiary/aromatic N) is 1. The van der Waals surface area contributed by atoms with Crippen LogP contribution in [0.3, 0.4) is 0 Å². The summed E-state index contributed by atoms with van der Waals surface area (Å²) >= 11 is 6.06. The molecule has 1 rings (SSSR count). The highest BCUT2D eigenvalue weighted by atomic mass is 35.5. The first-order valence-corrected chi connectivity index (χ1v) is 5.84. The Labute approximate surface area is 111 Å². The maximum Gasteiger partial charge on any atom is 0.337 e. The fourth-order valence-electron chi connectivity index (χ4n) is 1.54. The molecule has 0 aliphatic rings. The molecule has 0 heterocycles. The van der Waals surface area contributed by atoms with Gasteiger partial charge in [0.15, 0.2) is 0 Å². The zero-order valence-electron chi connectivity index (χ0n) is 10.4. The van der Waals surface area contributed by atoms with Crippen molar-refractivity contribution in [1.82, 2.24) is 0 Å². The third kappa shape index (κ3) is 3.60. The standard InChI is InChI=1S/C12H17ClN2O3/c1-15(7-9(16)6-14)11-5-8(12(17)18-2)3-4-10(11)13/h3-5,9,16H,6-7,14H2,1-2H3. The number of likely N-dealkylation sites (N-methyl/N-ethyl adjacent to an activating group) is 1. The molecule has 1 unspecified atom stereocenters. The minimum Gasteiger partial charge on any atom is -0.465 e. The minimum atomic E-state index is -0.646. The Hall–Kier alpha value is -1.30. The van der Waals surface area contributed by atoms with Crippen LogP contribution in [0.25, 0.3) is 0 Å². The van der Waals surface area contributed by atoms with Crippen LogP contribution in [0, 0.1) is 0 Å². The summed E-state index contributed by atoms with van der Waals surface area (Å²) in [5.74, 6) is -0.430. The maximum absolute atomic E-state index is 11.4. The monoisotopic (exact) mass is 272 g/mol. The van der Waals surface area contributed by atoms with Gasteiger partial charge in [0.25, 0.3) is 0 Å². The predicted molar refractivity (Wildman–Crippen MR) is 71.1 cm³/mol. The predicted octanol–water partition coefficient (Wildman–Crippen LogP) is 0.882. The summed E-state index contributed by atoms with van der Waals surface area (Å²) in [6.07, 6.45) is -0.646. The van der Waals surface area contributed by atoms with Crippen LogP contribution in [-0.2, 0) is 4.74 Å². The van der Waals surface area contributed by atoms with Crippen LogP contribution in [0.4, 0.5) is 5.69 Å². The van der Waals surface area contributed by atoms with Gasteiger partial charge in [-0.15, -0.1) is 0 Å². The van der Waals surface area contributed by atoms with Gasteiger partial charge in [0.2, 0.25) is 0 Å². The highest BCUT2D eigenvalue weighted by Gasteiger charge is 2.13. The summed E-state index contributed by atoms with van der Waals surface area (Å²) in [4.78, 5) is 13.2. The number of aliphatic hydroxyl groups excluding tert-OH is 1. The number of benzene rings is 1. The average Bonchev–Trinajstić information content (AvgIpc) is 2.37. The highest BCUT2D eigenvalue weighted by Crippen LogP contribution is 2.26. The summed E-state index contributed by atoms with van der Waals surface area (Å²) in [5.41, 5.74) is 6.41. The van der Waals surface area contributed by atoms with Gasteiger partial charge in [0.05, 0.1) is 29.5 Å². The van der Waals surface area contributed by atoms with Crippen LogP contribution in [0.15, 0.2) is 18.2 Å². The number of aliphatic hydroxyl groups is 1. The summed E-state index contributed by atoms with van der Waals surface area (Å²) in [5, 5.41) is 10.00. The van der Waals surface area contributed by atoms with Gasteiger partial charge in [-0.05, 0) is 18.2 Å². The van der Waals surface area contributed by atoms with Gasteiger partial charge in [-0.2, -0.15) is 0 Å². The molecular weight excluding hydrogens is 256 g/mol. The number of carbonyl (C=O) groups is 1. The number of hydrogen-bond donors (Lipinski definition) is 2. The molecule has 0 aliphatic heterocycles. The number of ether oxygens (including phenoxy) is 1. The molecule has 6 heteroatoms. The molecule has 0 aromatic heterocycles. The Kier molecular flexibility index (Phi) is 5.40. The van der Waals surface area contributed by atoms with Gasteiger partial charge < -0.3 is 20.5 Å². The molecule has 0 amide bonds. The fourth-order valence-corrected chi connectivity index (χ4v) is 1.80. The van der Waals surface area contributed by atoms with Crippen molar-refractivity contribution in [3.05, 3.63) is 28.8 Å². The molecule has 1 atom stereocenters. The first-order valence-electron chi connectivity index (χ1n) is 5.46. The van der Waals surface area contributed by atoms with Crippen molar-refractivity contribution in [2.75, 3.05) is 32.1 Å². The lowest BCUT2D eigenvalue weighted by molar-refractivity contribution is 0.0601. The van der Waals surface area contributed by atoms with Gasteiger partial charge in [0, 0.05) is 20.1 Å². The number of nitrogens with two attached hydrogens (primary N) is 1. The Balaban J connectivity index is 2.96. The van der Waals surface area contributed by atoms with Crippen molar-refractivity contribution < 1.29 is 14.6 Å². The lowest BCUT2D eigenvalue weighted by Gasteiger charge is -2.23. The van der Waals surface area contributed by atoms with E-state index in [-0.39, 0.29) is 6.54 Å². The van der Waals surface area contributed by atoms with Crippen LogP contribution < -0.4 is 10.6 Å². The second-order valence-corrected chi connectivity index (χ2v) is 4.34. The molecule has 5 nitrogen and oxygen atoms in total. The van der Waals surface area contributed by atoms with Crippen LogP contribution in [-0.4, -0.2) is 44.4 Å². The molecule has 0 saturated heterocycles. The Bertz CT molecular complexity index is 426. The molecule has 1 aromatic carbocycles. The van der Waals surface area contributed by atoms with E-state index in [1.165, 1.54) is 7.11 Å². The zero-order chi connectivity index (χ0) is 13.7. The van der Waals surface area contributed by atoms with Crippen molar-refractivity contribution in [3.8, 4) is 0 Å². The molecule has 0 saturated carbocycles. The van der Waals surface area contributed by atoms with E-state index in [0.29, 0.717) is 22.8 Å². The van der Waals surface area contributed by atoms with E-state index < -0.39 is 12.1 Å². The number of halogens is 1. The van der Waals surface area contributed by atoms with Crippen molar-refractivity contribution in [1.29, 1.82) is 0 Å². The van der Waals surface area contributed by atoms with E-state index in [1.807, 2.05) is 0 Å². The SMILES string of the molecule is COC(=O)c1ccc(Cl)c(N(C)CC(O)CN)c1. The minimum absolute atomic E-state index is 0.165. The lowest BCUT2D eigenvalue weighted by Crippen LogP contribution is -2.34. The zero-order valence-corrected chi connectivity index (χ0v) is 11.1. The Morgan fingerprint density at radius 3 is 2.83 bits per heavy atom. The van der Waals surface area contributed by atoms with Gasteiger partial charge in [0.1, 0.15) is 0 Å². The van der Waals surface area contributed by atoms with E-state index in [1.54, 1.807) is 30.1 Å². The summed E-state index contributed by atoms with van der Waals surface area (Å²) < 4.78 is 4.64. The number of esters is 1. The topological polar surface area (TPSA) is 75.8 Å².